The van der Waals surface area contributed by atoms with Gasteiger partial charge >= 0.3 is 0 Å². The highest BCUT2D eigenvalue weighted by Crippen LogP contribution is 2.35. The molecule has 5 rings (SSSR count). The minimum Gasteiger partial charge on any atom is -0.323 e. The predicted octanol–water partition coefficient (Wildman–Crippen LogP) is 6.05. The molecule has 156 valence electrons. The van der Waals surface area contributed by atoms with Gasteiger partial charge in [-0.25, -0.2) is 9.37 Å². The molecule has 0 saturated carbocycles. The second kappa shape index (κ2) is 7.98. The number of imidazole rings is 1. The van der Waals surface area contributed by atoms with Crippen LogP contribution < -0.4 is 4.90 Å². The van der Waals surface area contributed by atoms with Crippen LogP contribution in [0.1, 0.15) is 23.7 Å². The number of amides is 1. The van der Waals surface area contributed by atoms with E-state index in [0.29, 0.717) is 28.6 Å². The Bertz CT molecular complexity index is 1280. The first-order valence-corrected chi connectivity index (χ1v) is 10.7. The molecule has 2 heterocycles. The largest absolute Gasteiger partial charge is 0.323 e. The molecule has 1 saturated heterocycles. The number of nitrogens with zero attached hydrogens (tertiary/aromatic N) is 3. The topological polar surface area (TPSA) is 38.1 Å². The SMILES string of the molecule is O=C1CC(c2nc3ccccc3n2Cc2c(F)cccc2Cl)CN1c1cccc(Cl)c1. The fourth-order valence-corrected chi connectivity index (χ4v) is 4.59. The van der Waals surface area contributed by atoms with E-state index < -0.39 is 0 Å². The van der Waals surface area contributed by atoms with Crippen LogP contribution in [0.25, 0.3) is 11.0 Å². The zero-order valence-electron chi connectivity index (χ0n) is 16.4. The predicted molar refractivity (Wildman–Crippen MR) is 121 cm³/mol. The number of hydrogen-bond donors (Lipinski definition) is 0. The van der Waals surface area contributed by atoms with Gasteiger partial charge in [0.1, 0.15) is 11.6 Å². The van der Waals surface area contributed by atoms with Crippen molar-refractivity contribution in [2.75, 3.05) is 11.4 Å². The van der Waals surface area contributed by atoms with Crippen molar-refractivity contribution >= 4 is 45.8 Å². The molecule has 7 heteroatoms. The molecule has 1 atom stereocenters. The van der Waals surface area contributed by atoms with Gasteiger partial charge in [0.05, 0.1) is 17.6 Å². The molecule has 4 nitrogen and oxygen atoms in total. The lowest BCUT2D eigenvalue weighted by atomic mass is 10.1. The molecular weight excluding hydrogens is 436 g/mol. The Morgan fingerprint density at radius 3 is 2.65 bits per heavy atom. The molecule has 1 aliphatic rings. The van der Waals surface area contributed by atoms with Crippen molar-refractivity contribution in [3.05, 3.63) is 94.0 Å². The highest BCUT2D eigenvalue weighted by molar-refractivity contribution is 6.31. The maximum absolute atomic E-state index is 14.5. The number of hydrogen-bond acceptors (Lipinski definition) is 2. The van der Waals surface area contributed by atoms with Crippen molar-refractivity contribution in [3.63, 3.8) is 0 Å². The van der Waals surface area contributed by atoms with Crippen LogP contribution in [0.15, 0.2) is 66.7 Å². The molecule has 0 spiro atoms. The molecule has 1 aliphatic heterocycles. The summed E-state index contributed by atoms with van der Waals surface area (Å²) in [4.78, 5) is 19.4. The van der Waals surface area contributed by atoms with Gasteiger partial charge in [-0.05, 0) is 42.5 Å². The number of rotatable bonds is 4. The standard InChI is InChI=1S/C24H18Cl2FN3O/c25-16-5-3-6-17(12-16)29-13-15(11-23(29)31)24-28-21-9-1-2-10-22(21)30(24)14-18-19(26)7-4-8-20(18)27/h1-10,12,15H,11,13-14H2. The van der Waals surface area contributed by atoms with Crippen molar-refractivity contribution in [1.29, 1.82) is 0 Å². The van der Waals surface area contributed by atoms with Gasteiger partial charge < -0.3 is 9.47 Å². The van der Waals surface area contributed by atoms with Crippen LogP contribution in [0.2, 0.25) is 10.0 Å². The van der Waals surface area contributed by atoms with Crippen LogP contribution in [-0.2, 0) is 11.3 Å². The monoisotopic (exact) mass is 453 g/mol. The van der Waals surface area contributed by atoms with Gasteiger partial charge in [0, 0.05) is 40.2 Å². The fraction of sp³-hybridized carbons (Fsp3) is 0.167. The van der Waals surface area contributed by atoms with Crippen molar-refractivity contribution in [2.45, 2.75) is 18.9 Å². The quantitative estimate of drug-likeness (QED) is 0.377. The average Bonchev–Trinajstić information content (AvgIpc) is 3.31. The lowest BCUT2D eigenvalue weighted by Gasteiger charge is -2.18. The third-order valence-electron chi connectivity index (χ3n) is 5.67. The maximum atomic E-state index is 14.5. The Balaban J connectivity index is 1.56. The maximum Gasteiger partial charge on any atom is 0.227 e. The Morgan fingerprint density at radius 2 is 1.84 bits per heavy atom. The lowest BCUT2D eigenvalue weighted by molar-refractivity contribution is -0.117. The average molecular weight is 454 g/mol. The zero-order valence-corrected chi connectivity index (χ0v) is 17.9. The summed E-state index contributed by atoms with van der Waals surface area (Å²) in [5.41, 5.74) is 2.86. The van der Waals surface area contributed by atoms with Crippen LogP contribution in [0, 0.1) is 5.82 Å². The van der Waals surface area contributed by atoms with Gasteiger partial charge in [-0.15, -0.1) is 0 Å². The van der Waals surface area contributed by atoms with E-state index in [2.05, 4.69) is 0 Å². The first-order chi connectivity index (χ1) is 15.0. The first-order valence-electron chi connectivity index (χ1n) is 9.95. The van der Waals surface area contributed by atoms with Crippen molar-refractivity contribution in [3.8, 4) is 0 Å². The van der Waals surface area contributed by atoms with Crippen LogP contribution in [0.4, 0.5) is 10.1 Å². The highest BCUT2D eigenvalue weighted by Gasteiger charge is 2.35. The van der Waals surface area contributed by atoms with E-state index in [1.165, 1.54) is 6.07 Å². The molecule has 1 unspecified atom stereocenters. The Morgan fingerprint density at radius 1 is 1.03 bits per heavy atom. The van der Waals surface area contributed by atoms with Crippen LogP contribution >= 0.6 is 23.2 Å². The summed E-state index contributed by atoms with van der Waals surface area (Å²) in [7, 11) is 0. The van der Waals surface area contributed by atoms with Crippen LogP contribution in [0.5, 0.6) is 0 Å². The molecule has 1 amide bonds. The van der Waals surface area contributed by atoms with E-state index >= 15 is 0 Å². The van der Waals surface area contributed by atoms with Gasteiger partial charge in [-0.3, -0.25) is 4.79 Å². The van der Waals surface area contributed by atoms with Gasteiger partial charge in [-0.1, -0.05) is 47.5 Å². The second-order valence-electron chi connectivity index (χ2n) is 7.63. The van der Waals surface area contributed by atoms with E-state index in [-0.39, 0.29) is 24.2 Å². The number of aromatic nitrogens is 2. The van der Waals surface area contributed by atoms with Crippen LogP contribution in [-0.4, -0.2) is 22.0 Å². The number of carbonyl (C=O) groups excluding carboxylic acids is 1. The molecule has 31 heavy (non-hydrogen) atoms. The van der Waals surface area contributed by atoms with Gasteiger partial charge in [0.15, 0.2) is 0 Å². The normalized spacial score (nSPS) is 16.4. The summed E-state index contributed by atoms with van der Waals surface area (Å²) in [6.07, 6.45) is 0.320. The van der Waals surface area contributed by atoms with Crippen molar-refractivity contribution in [1.82, 2.24) is 9.55 Å². The summed E-state index contributed by atoms with van der Waals surface area (Å²) >= 11 is 12.4. The molecule has 4 aromatic rings. The van der Waals surface area contributed by atoms with E-state index in [4.69, 9.17) is 28.2 Å². The van der Waals surface area contributed by atoms with Crippen molar-refractivity contribution in [2.24, 2.45) is 0 Å². The summed E-state index contributed by atoms with van der Waals surface area (Å²) < 4.78 is 16.5. The number of fused-ring (bicyclic) bond motifs is 1. The van der Waals surface area contributed by atoms with E-state index in [0.717, 1.165) is 22.5 Å². The van der Waals surface area contributed by atoms with Crippen LogP contribution in [0.3, 0.4) is 0 Å². The van der Waals surface area contributed by atoms with E-state index in [1.54, 1.807) is 29.2 Å². The third kappa shape index (κ3) is 3.68. The molecular formula is C24H18Cl2FN3O. The third-order valence-corrected chi connectivity index (χ3v) is 6.26. The number of benzene rings is 3. The summed E-state index contributed by atoms with van der Waals surface area (Å²) in [6, 6.07) is 19.6. The zero-order chi connectivity index (χ0) is 21.5. The van der Waals surface area contributed by atoms with Gasteiger partial charge in [0.2, 0.25) is 5.91 Å². The smallest absolute Gasteiger partial charge is 0.227 e. The summed E-state index contributed by atoms with van der Waals surface area (Å²) in [5.74, 6) is 0.261. The summed E-state index contributed by atoms with van der Waals surface area (Å²) in [5, 5.41) is 0.946. The number of carbonyl (C=O) groups is 1. The lowest BCUT2D eigenvalue weighted by Crippen LogP contribution is -2.24. The summed E-state index contributed by atoms with van der Waals surface area (Å²) in [6.45, 7) is 0.719. The number of halogens is 3. The van der Waals surface area contributed by atoms with Gasteiger partial charge in [-0.2, -0.15) is 0 Å². The molecule has 0 aliphatic carbocycles. The molecule has 0 bridgehead atoms. The fourth-order valence-electron chi connectivity index (χ4n) is 4.19. The minimum absolute atomic E-state index is 0.00907. The Labute approximate surface area is 188 Å². The molecule has 1 aromatic heterocycles. The highest BCUT2D eigenvalue weighted by atomic mass is 35.5. The molecule has 0 N–H and O–H groups in total. The molecule has 1 fully saturated rings. The first kappa shape index (κ1) is 20.0. The van der Waals surface area contributed by atoms with E-state index in [1.807, 2.05) is 41.0 Å². The van der Waals surface area contributed by atoms with E-state index in [9.17, 15) is 9.18 Å². The minimum atomic E-state index is -0.362. The number of anilines is 1. The van der Waals surface area contributed by atoms with Crippen molar-refractivity contribution < 1.29 is 9.18 Å². The second-order valence-corrected chi connectivity index (χ2v) is 8.47. The Kier molecular flexibility index (Phi) is 5.16. The number of para-hydroxylation sites is 2. The van der Waals surface area contributed by atoms with Gasteiger partial charge in [0.25, 0.3) is 0 Å². The Hall–Kier alpha value is -2.89. The molecule has 3 aromatic carbocycles. The molecule has 0 radical (unpaired) electrons.